The summed E-state index contributed by atoms with van der Waals surface area (Å²) in [6.07, 6.45) is 1.75. The highest BCUT2D eigenvalue weighted by molar-refractivity contribution is 9.10. The van der Waals surface area contributed by atoms with Crippen LogP contribution in [0.2, 0.25) is 0 Å². The number of nitro benzene ring substituents is 1. The quantitative estimate of drug-likeness (QED) is 0.148. The Bertz CT molecular complexity index is 1430. The van der Waals surface area contributed by atoms with Crippen LogP contribution in [0.5, 0.6) is 11.5 Å². The van der Waals surface area contributed by atoms with E-state index in [1.54, 1.807) is 47.4 Å². The third-order valence-corrected chi connectivity index (χ3v) is 6.99. The molecule has 0 spiro atoms. The average Bonchev–Trinajstić information content (AvgIpc) is 3.18. The zero-order valence-corrected chi connectivity index (χ0v) is 22.9. The minimum absolute atomic E-state index is 0.0145. The summed E-state index contributed by atoms with van der Waals surface area (Å²) in [5.41, 5.74) is 1.88. The van der Waals surface area contributed by atoms with Crippen molar-refractivity contribution in [2.24, 2.45) is 4.99 Å². The number of carbonyl (C=O) groups excluding carboxylic acids is 1. The van der Waals surface area contributed by atoms with Crippen LogP contribution in [0, 0.1) is 15.9 Å². The summed E-state index contributed by atoms with van der Waals surface area (Å²) in [6, 6.07) is 15.6. The lowest BCUT2D eigenvalue weighted by molar-refractivity contribution is -0.384. The Morgan fingerprint density at radius 3 is 2.58 bits per heavy atom. The second kappa shape index (κ2) is 12.2. The molecule has 0 bridgehead atoms. The van der Waals surface area contributed by atoms with Crippen LogP contribution in [0.1, 0.15) is 25.0 Å². The maximum atomic E-state index is 13.3. The van der Waals surface area contributed by atoms with Crippen LogP contribution in [0.4, 0.5) is 15.8 Å². The van der Waals surface area contributed by atoms with Crippen LogP contribution >= 0.6 is 27.7 Å². The molecule has 0 unspecified atom stereocenters. The highest BCUT2D eigenvalue weighted by Crippen LogP contribution is 2.40. The summed E-state index contributed by atoms with van der Waals surface area (Å²) in [5.74, 6) is 0.366. The number of hydrogen-bond acceptors (Lipinski definition) is 7. The van der Waals surface area contributed by atoms with Gasteiger partial charge >= 0.3 is 0 Å². The molecular weight excluding hydrogens is 577 g/mol. The molecule has 1 aliphatic rings. The number of ether oxygens (including phenoxy) is 2. The molecule has 38 heavy (non-hydrogen) atoms. The SMILES string of the molecule is CCOc1cc(/C=C2/SC(=Nc3ccc(F)cc3)N(CC)C2=O)cc(Br)c1OCc1cccc([N+](=O)[O-])c1. The van der Waals surface area contributed by atoms with Crippen molar-refractivity contribution in [3.63, 3.8) is 0 Å². The number of thioether (sulfide) groups is 1. The van der Waals surface area contributed by atoms with Crippen molar-refractivity contribution in [1.82, 2.24) is 4.90 Å². The van der Waals surface area contributed by atoms with Gasteiger partial charge in [-0.3, -0.25) is 19.8 Å². The van der Waals surface area contributed by atoms with Crippen LogP contribution in [0.25, 0.3) is 6.08 Å². The van der Waals surface area contributed by atoms with E-state index in [0.717, 1.165) is 0 Å². The Morgan fingerprint density at radius 1 is 1.13 bits per heavy atom. The van der Waals surface area contributed by atoms with Gasteiger partial charge in [0.1, 0.15) is 12.4 Å². The van der Waals surface area contributed by atoms with Crippen molar-refractivity contribution < 1.29 is 23.6 Å². The molecule has 0 saturated carbocycles. The number of aliphatic imine (C=N–C) groups is 1. The maximum absolute atomic E-state index is 13.3. The molecule has 1 heterocycles. The molecule has 3 aromatic rings. The zero-order chi connectivity index (χ0) is 27.2. The molecule has 4 rings (SSSR count). The zero-order valence-electron chi connectivity index (χ0n) is 20.5. The van der Waals surface area contributed by atoms with Crippen LogP contribution in [0.3, 0.4) is 0 Å². The molecule has 0 aromatic heterocycles. The predicted octanol–water partition coefficient (Wildman–Crippen LogP) is 7.10. The number of rotatable bonds is 9. The first-order chi connectivity index (χ1) is 18.3. The first-order valence-corrected chi connectivity index (χ1v) is 13.3. The lowest BCUT2D eigenvalue weighted by Crippen LogP contribution is -2.28. The number of amides is 1. The number of nitrogens with zero attached hydrogens (tertiary/aromatic N) is 3. The van der Waals surface area contributed by atoms with Gasteiger partial charge in [0.05, 0.1) is 26.6 Å². The van der Waals surface area contributed by atoms with E-state index in [9.17, 15) is 19.3 Å². The summed E-state index contributed by atoms with van der Waals surface area (Å²) in [6.45, 7) is 4.62. The van der Waals surface area contributed by atoms with Gasteiger partial charge in [-0.05, 0) is 95.1 Å². The van der Waals surface area contributed by atoms with Crippen molar-refractivity contribution in [3.8, 4) is 11.5 Å². The van der Waals surface area contributed by atoms with Gasteiger partial charge < -0.3 is 9.47 Å². The number of likely N-dealkylation sites (N-methyl/N-ethyl adjacent to an activating group) is 1. The Balaban J connectivity index is 1.60. The van der Waals surface area contributed by atoms with E-state index in [1.807, 2.05) is 13.8 Å². The predicted molar refractivity (Wildman–Crippen MR) is 149 cm³/mol. The third kappa shape index (κ3) is 6.40. The molecule has 0 aliphatic carbocycles. The number of hydrogen-bond donors (Lipinski definition) is 0. The highest BCUT2D eigenvalue weighted by Gasteiger charge is 2.32. The normalized spacial score (nSPS) is 15.4. The summed E-state index contributed by atoms with van der Waals surface area (Å²) in [5, 5.41) is 11.6. The molecule has 1 amide bonds. The lowest BCUT2D eigenvalue weighted by Gasteiger charge is -2.15. The second-order valence-electron chi connectivity index (χ2n) is 8.01. The Hall–Kier alpha value is -3.70. The molecule has 0 atom stereocenters. The Morgan fingerprint density at radius 2 is 1.89 bits per heavy atom. The molecule has 0 N–H and O–H groups in total. The van der Waals surface area contributed by atoms with E-state index in [2.05, 4.69) is 20.9 Å². The van der Waals surface area contributed by atoms with Crippen molar-refractivity contribution in [3.05, 3.63) is 97.1 Å². The summed E-state index contributed by atoms with van der Waals surface area (Å²) >= 11 is 4.77. The standard InChI is InChI=1S/C27H23BrFN3O5S/c1-3-31-26(33)24(38-27(31)30-20-10-8-19(29)9-11-20)15-18-13-22(28)25(23(14-18)36-4-2)37-16-17-6-5-7-21(12-17)32(34)35/h5-15H,3-4,16H2,1-2H3/b24-15+,30-27?. The smallest absolute Gasteiger partial charge is 0.269 e. The number of amidine groups is 1. The molecule has 1 fully saturated rings. The van der Waals surface area contributed by atoms with E-state index >= 15 is 0 Å². The highest BCUT2D eigenvalue weighted by atomic mass is 79.9. The van der Waals surface area contributed by atoms with E-state index in [0.29, 0.717) is 56.0 Å². The number of non-ortho nitro benzene ring substituents is 1. The van der Waals surface area contributed by atoms with Crippen molar-refractivity contribution >= 4 is 56.2 Å². The Labute approximate surface area is 231 Å². The average molecular weight is 600 g/mol. The Kier molecular flexibility index (Phi) is 8.80. The molecule has 1 saturated heterocycles. The van der Waals surface area contributed by atoms with E-state index in [1.165, 1.54) is 36.0 Å². The lowest BCUT2D eigenvalue weighted by atomic mass is 10.1. The first-order valence-electron chi connectivity index (χ1n) is 11.7. The second-order valence-corrected chi connectivity index (χ2v) is 9.87. The van der Waals surface area contributed by atoms with Crippen LogP contribution in [-0.4, -0.2) is 34.0 Å². The monoisotopic (exact) mass is 599 g/mol. The van der Waals surface area contributed by atoms with E-state index in [-0.39, 0.29) is 24.0 Å². The summed E-state index contributed by atoms with van der Waals surface area (Å²) < 4.78 is 25.6. The van der Waals surface area contributed by atoms with Crippen molar-refractivity contribution in [2.75, 3.05) is 13.2 Å². The molecule has 1 aliphatic heterocycles. The fraction of sp³-hybridized carbons (Fsp3) is 0.185. The number of halogens is 2. The minimum Gasteiger partial charge on any atom is -0.490 e. The van der Waals surface area contributed by atoms with Gasteiger partial charge in [-0.25, -0.2) is 9.38 Å². The van der Waals surface area contributed by atoms with Gasteiger partial charge in [-0.2, -0.15) is 0 Å². The van der Waals surface area contributed by atoms with Crippen LogP contribution in [0.15, 0.2) is 75.0 Å². The van der Waals surface area contributed by atoms with Crippen molar-refractivity contribution in [1.29, 1.82) is 0 Å². The topological polar surface area (TPSA) is 94.3 Å². The molecule has 11 heteroatoms. The summed E-state index contributed by atoms with van der Waals surface area (Å²) in [7, 11) is 0. The number of nitro groups is 1. The van der Waals surface area contributed by atoms with E-state index < -0.39 is 4.92 Å². The van der Waals surface area contributed by atoms with Gasteiger partial charge in [-0.1, -0.05) is 12.1 Å². The number of carbonyl (C=O) groups is 1. The molecule has 8 nitrogen and oxygen atoms in total. The minimum atomic E-state index is -0.453. The largest absolute Gasteiger partial charge is 0.490 e. The van der Waals surface area contributed by atoms with Gasteiger partial charge in [-0.15, -0.1) is 0 Å². The first kappa shape index (κ1) is 27.3. The fourth-order valence-corrected chi connectivity index (χ4v) is 5.27. The molecule has 0 radical (unpaired) electrons. The fourth-order valence-electron chi connectivity index (χ4n) is 3.64. The van der Waals surface area contributed by atoms with Gasteiger partial charge in [0, 0.05) is 18.7 Å². The number of benzene rings is 3. The van der Waals surface area contributed by atoms with Gasteiger partial charge in [0.15, 0.2) is 16.7 Å². The van der Waals surface area contributed by atoms with Crippen molar-refractivity contribution in [2.45, 2.75) is 20.5 Å². The van der Waals surface area contributed by atoms with Gasteiger partial charge in [0.2, 0.25) is 0 Å². The summed E-state index contributed by atoms with van der Waals surface area (Å²) in [4.78, 5) is 30.3. The molecule has 3 aromatic carbocycles. The molecular formula is C27H23BrFN3O5S. The molecule has 196 valence electrons. The maximum Gasteiger partial charge on any atom is 0.269 e. The van der Waals surface area contributed by atoms with Crippen LogP contribution in [-0.2, 0) is 11.4 Å². The van der Waals surface area contributed by atoms with E-state index in [4.69, 9.17) is 9.47 Å². The third-order valence-electron chi connectivity index (χ3n) is 5.39. The van der Waals surface area contributed by atoms with Gasteiger partial charge in [0.25, 0.3) is 11.6 Å². The van der Waals surface area contributed by atoms with Crippen LogP contribution < -0.4 is 9.47 Å².